The minimum Gasteiger partial charge on any atom is -0.496 e. The van der Waals surface area contributed by atoms with Crippen LogP contribution in [0.5, 0.6) is 11.5 Å². The zero-order chi connectivity index (χ0) is 23.8. The summed E-state index contributed by atoms with van der Waals surface area (Å²) in [6.07, 6.45) is 0. The molecule has 2 amide bonds. The Kier molecular flexibility index (Phi) is 7.87. The van der Waals surface area contributed by atoms with Crippen molar-refractivity contribution in [1.82, 2.24) is 0 Å². The molecule has 0 aromatic heterocycles. The Balaban J connectivity index is 1.61. The number of thioether (sulfide) groups is 1. The summed E-state index contributed by atoms with van der Waals surface area (Å²) >= 11 is 1.29. The Morgan fingerprint density at radius 1 is 0.909 bits per heavy atom. The minimum atomic E-state index is -0.503. The van der Waals surface area contributed by atoms with E-state index >= 15 is 0 Å². The largest absolute Gasteiger partial charge is 0.496 e. The first kappa shape index (κ1) is 23.6. The number of anilines is 2. The molecule has 0 saturated heterocycles. The molecule has 0 unspecified atom stereocenters. The maximum atomic E-state index is 12.8. The molecule has 0 heterocycles. The van der Waals surface area contributed by atoms with Crippen LogP contribution in [0.3, 0.4) is 0 Å². The molecule has 9 nitrogen and oxygen atoms in total. The van der Waals surface area contributed by atoms with E-state index in [9.17, 15) is 19.7 Å². The van der Waals surface area contributed by atoms with E-state index in [1.54, 1.807) is 36.4 Å². The second-order valence-electron chi connectivity index (χ2n) is 6.66. The SMILES string of the molecule is COc1cccc(OC)c1C(=O)Nc1cccc(SCC(=O)Nc2ccc([N+](=O)[O-])cc2)c1. The summed E-state index contributed by atoms with van der Waals surface area (Å²) in [7, 11) is 2.95. The molecule has 33 heavy (non-hydrogen) atoms. The molecule has 3 aromatic rings. The molecule has 2 N–H and O–H groups in total. The van der Waals surface area contributed by atoms with Gasteiger partial charge >= 0.3 is 0 Å². The number of amides is 2. The van der Waals surface area contributed by atoms with Crippen molar-refractivity contribution < 1.29 is 24.0 Å². The number of methoxy groups -OCH3 is 2. The highest BCUT2D eigenvalue weighted by molar-refractivity contribution is 8.00. The van der Waals surface area contributed by atoms with Crippen LogP contribution in [0, 0.1) is 10.1 Å². The Labute approximate surface area is 194 Å². The van der Waals surface area contributed by atoms with Gasteiger partial charge in [0.1, 0.15) is 17.1 Å². The van der Waals surface area contributed by atoms with Gasteiger partial charge in [-0.15, -0.1) is 11.8 Å². The lowest BCUT2D eigenvalue weighted by Gasteiger charge is -2.13. The van der Waals surface area contributed by atoms with E-state index in [4.69, 9.17) is 9.47 Å². The van der Waals surface area contributed by atoms with Crippen molar-refractivity contribution in [3.63, 3.8) is 0 Å². The Hall–Kier alpha value is -4.05. The van der Waals surface area contributed by atoms with E-state index in [1.165, 1.54) is 50.2 Å². The van der Waals surface area contributed by atoms with Gasteiger partial charge in [-0.05, 0) is 42.5 Å². The maximum absolute atomic E-state index is 12.8. The first-order valence-electron chi connectivity index (χ1n) is 9.70. The summed E-state index contributed by atoms with van der Waals surface area (Å²) in [5.74, 6) is 0.249. The fourth-order valence-corrected chi connectivity index (χ4v) is 3.70. The van der Waals surface area contributed by atoms with E-state index < -0.39 is 4.92 Å². The maximum Gasteiger partial charge on any atom is 0.269 e. The number of nitrogens with zero attached hydrogens (tertiary/aromatic N) is 1. The molecule has 170 valence electrons. The van der Waals surface area contributed by atoms with Crippen LogP contribution in [0.2, 0.25) is 0 Å². The predicted molar refractivity (Wildman–Crippen MR) is 126 cm³/mol. The van der Waals surface area contributed by atoms with E-state index in [-0.39, 0.29) is 28.8 Å². The van der Waals surface area contributed by atoms with E-state index in [0.717, 1.165) is 4.90 Å². The van der Waals surface area contributed by atoms with Crippen LogP contribution in [0.25, 0.3) is 0 Å². The van der Waals surface area contributed by atoms with Crippen LogP contribution in [-0.2, 0) is 4.79 Å². The summed E-state index contributed by atoms with van der Waals surface area (Å²) in [6, 6.07) is 17.8. The quantitative estimate of drug-likeness (QED) is 0.268. The lowest BCUT2D eigenvalue weighted by molar-refractivity contribution is -0.384. The number of carbonyl (C=O) groups is 2. The topological polar surface area (TPSA) is 120 Å². The number of hydrogen-bond donors (Lipinski definition) is 2. The molecule has 0 spiro atoms. The van der Waals surface area contributed by atoms with E-state index in [2.05, 4.69) is 10.6 Å². The number of rotatable bonds is 9. The number of ether oxygens (including phenoxy) is 2. The summed E-state index contributed by atoms with van der Waals surface area (Å²) in [4.78, 5) is 36.0. The number of benzene rings is 3. The molecule has 10 heteroatoms. The fourth-order valence-electron chi connectivity index (χ4n) is 2.94. The summed E-state index contributed by atoms with van der Waals surface area (Å²) in [5.41, 5.74) is 1.25. The first-order valence-corrected chi connectivity index (χ1v) is 10.7. The minimum absolute atomic E-state index is 0.0491. The molecule has 3 aromatic carbocycles. The third-order valence-corrected chi connectivity index (χ3v) is 5.47. The van der Waals surface area contributed by atoms with Crippen molar-refractivity contribution in [2.45, 2.75) is 4.90 Å². The van der Waals surface area contributed by atoms with Crippen LogP contribution >= 0.6 is 11.8 Å². The number of nitro groups is 1. The fraction of sp³-hybridized carbons (Fsp3) is 0.130. The van der Waals surface area contributed by atoms with Gasteiger partial charge < -0.3 is 20.1 Å². The third kappa shape index (κ3) is 6.23. The third-order valence-electron chi connectivity index (χ3n) is 4.48. The van der Waals surface area contributed by atoms with E-state index in [0.29, 0.717) is 22.9 Å². The lowest BCUT2D eigenvalue weighted by atomic mass is 10.1. The summed E-state index contributed by atoms with van der Waals surface area (Å²) in [6.45, 7) is 0. The van der Waals surface area contributed by atoms with Crippen LogP contribution < -0.4 is 20.1 Å². The zero-order valence-electron chi connectivity index (χ0n) is 17.9. The highest BCUT2D eigenvalue weighted by atomic mass is 32.2. The van der Waals surface area contributed by atoms with Crippen LogP contribution in [-0.4, -0.2) is 36.7 Å². The van der Waals surface area contributed by atoms with Gasteiger partial charge in [0.2, 0.25) is 5.91 Å². The predicted octanol–water partition coefficient (Wildman–Crippen LogP) is 4.60. The van der Waals surface area contributed by atoms with E-state index in [1.807, 2.05) is 6.07 Å². The van der Waals surface area contributed by atoms with Gasteiger partial charge in [-0.1, -0.05) is 12.1 Å². The van der Waals surface area contributed by atoms with Crippen molar-refractivity contribution in [3.05, 3.63) is 82.4 Å². The van der Waals surface area contributed by atoms with Crippen molar-refractivity contribution in [2.24, 2.45) is 0 Å². The van der Waals surface area contributed by atoms with Crippen molar-refractivity contribution in [2.75, 3.05) is 30.6 Å². The Bertz CT molecular complexity index is 1140. The molecule has 0 aliphatic carbocycles. The van der Waals surface area contributed by atoms with Gasteiger partial charge in [-0.25, -0.2) is 0 Å². The van der Waals surface area contributed by atoms with Gasteiger partial charge in [-0.2, -0.15) is 0 Å². The van der Waals surface area contributed by atoms with Gasteiger partial charge in [-0.3, -0.25) is 19.7 Å². The average molecular weight is 468 g/mol. The average Bonchev–Trinajstić information content (AvgIpc) is 2.82. The van der Waals surface area contributed by atoms with Crippen molar-refractivity contribution in [1.29, 1.82) is 0 Å². The molecule has 0 bridgehead atoms. The Morgan fingerprint density at radius 2 is 1.55 bits per heavy atom. The van der Waals surface area contributed by atoms with Crippen LogP contribution in [0.1, 0.15) is 10.4 Å². The molecule has 3 rings (SSSR count). The number of hydrogen-bond acceptors (Lipinski definition) is 7. The molecule has 0 fully saturated rings. The molecule has 0 saturated carbocycles. The summed E-state index contributed by atoms with van der Waals surface area (Å²) < 4.78 is 10.6. The molecule has 0 radical (unpaired) electrons. The lowest BCUT2D eigenvalue weighted by Crippen LogP contribution is -2.15. The van der Waals surface area contributed by atoms with Gasteiger partial charge in [0.25, 0.3) is 11.6 Å². The standard InChI is InChI=1S/C23H21N3O6S/c1-31-19-7-4-8-20(32-2)22(19)23(28)25-16-5-3-6-18(13-16)33-14-21(27)24-15-9-11-17(12-10-15)26(29)30/h3-13H,14H2,1-2H3,(H,24,27)(H,25,28). The van der Waals surface area contributed by atoms with Gasteiger partial charge in [0.15, 0.2) is 0 Å². The second-order valence-corrected chi connectivity index (χ2v) is 7.71. The van der Waals surface area contributed by atoms with Crippen LogP contribution in [0.4, 0.5) is 17.1 Å². The van der Waals surface area contributed by atoms with Crippen LogP contribution in [0.15, 0.2) is 71.6 Å². The van der Waals surface area contributed by atoms with Gasteiger partial charge in [0, 0.05) is 28.4 Å². The molecule has 0 aliphatic heterocycles. The Morgan fingerprint density at radius 3 is 2.15 bits per heavy atom. The summed E-state index contributed by atoms with van der Waals surface area (Å²) in [5, 5.41) is 16.2. The smallest absolute Gasteiger partial charge is 0.269 e. The highest BCUT2D eigenvalue weighted by Crippen LogP contribution is 2.30. The molecule has 0 aliphatic rings. The molecular weight excluding hydrogens is 446 g/mol. The first-order chi connectivity index (χ1) is 15.9. The van der Waals surface area contributed by atoms with Crippen molar-refractivity contribution in [3.8, 4) is 11.5 Å². The monoisotopic (exact) mass is 467 g/mol. The molecular formula is C23H21N3O6S. The number of nitrogens with one attached hydrogen (secondary N) is 2. The number of nitro benzene ring substituents is 1. The number of carbonyl (C=O) groups excluding carboxylic acids is 2. The highest BCUT2D eigenvalue weighted by Gasteiger charge is 2.18. The zero-order valence-corrected chi connectivity index (χ0v) is 18.7. The second kappa shape index (κ2) is 11.0. The normalized spacial score (nSPS) is 10.2. The van der Waals surface area contributed by atoms with Gasteiger partial charge in [0.05, 0.1) is 24.9 Å². The van der Waals surface area contributed by atoms with Crippen molar-refractivity contribution >= 4 is 40.6 Å². The molecule has 0 atom stereocenters. The number of non-ortho nitro benzene ring substituents is 1.